The molecule has 4 fully saturated rings. The highest BCUT2D eigenvalue weighted by Crippen LogP contribution is 2.34. The summed E-state index contributed by atoms with van der Waals surface area (Å²) < 4.78 is 52.3. The molecule has 424 valence electrons. The summed E-state index contributed by atoms with van der Waals surface area (Å²) in [5, 5.41) is 8.90. The van der Waals surface area contributed by atoms with Crippen LogP contribution in [0.25, 0.3) is 11.2 Å². The van der Waals surface area contributed by atoms with Crippen LogP contribution in [0.2, 0.25) is 6.32 Å². The summed E-state index contributed by atoms with van der Waals surface area (Å²) in [5.41, 5.74) is 6.46. The number of pyridine rings is 1. The number of nitrogens with zero attached hydrogens (tertiary/aromatic N) is 10. The van der Waals surface area contributed by atoms with Gasteiger partial charge < -0.3 is 29.7 Å². The lowest BCUT2D eigenvalue weighted by molar-refractivity contribution is -0.136. The lowest BCUT2D eigenvalue weighted by Gasteiger charge is -2.39. The Morgan fingerprint density at radius 3 is 2.21 bits per heavy atom. The summed E-state index contributed by atoms with van der Waals surface area (Å²) in [4.78, 5) is 47.5. The van der Waals surface area contributed by atoms with Crippen molar-refractivity contribution >= 4 is 44.3 Å². The number of likely N-dealkylation sites (tertiary alicyclic amines) is 1. The molecule has 6 heterocycles. The number of allylic oxidation sites excluding steroid dienone is 1. The number of amides is 1. The van der Waals surface area contributed by atoms with Crippen molar-refractivity contribution in [3.63, 3.8) is 0 Å². The zero-order valence-electron chi connectivity index (χ0n) is 46.9. The van der Waals surface area contributed by atoms with Crippen molar-refractivity contribution in [2.75, 3.05) is 90.5 Å². The SMILES string of the molecule is C1CCC1.C=N/N=C\N(C)CCc1cccc(-n2cc3c(C(F)(F)F)cc(CN4CCC(OCCN5CCN(CC6CCN(c7ccc8c(c7)CN(NC=CC)C8=O)CC6)CC5)CC4)cn3c2=O)c1.CCCCC=O.[B]CC. The molecule has 0 spiro atoms. The minimum absolute atomic E-state index is 0.0191. The molecule has 1 amide bonds. The van der Waals surface area contributed by atoms with Crippen LogP contribution in [0.4, 0.5) is 18.9 Å². The Labute approximate surface area is 462 Å². The van der Waals surface area contributed by atoms with Gasteiger partial charge in [-0.2, -0.15) is 18.3 Å². The number of carbonyl (C=O) groups excluding carboxylic acids is 2. The normalized spacial score (nSPS) is 17.7. The smallest absolute Gasteiger partial charge is 0.377 e. The first-order chi connectivity index (χ1) is 37.8. The number of unbranched alkanes of at least 4 members (excludes halogenated alkanes) is 2. The average Bonchev–Trinajstić information content (AvgIpc) is 3.98. The van der Waals surface area contributed by atoms with Crippen molar-refractivity contribution in [1.29, 1.82) is 0 Å². The van der Waals surface area contributed by atoms with E-state index in [9.17, 15) is 27.6 Å². The number of anilines is 1. The number of imidazole rings is 1. The number of piperazine rings is 1. The highest BCUT2D eigenvalue weighted by molar-refractivity contribution is 6.08. The molecular formula is C59H85BF3N11O4. The van der Waals surface area contributed by atoms with Crippen LogP contribution in [-0.4, -0.2) is 158 Å². The number of likely N-dealkylation sites (N-methyl/N-ethyl adjacent to an activating group) is 1. The third kappa shape index (κ3) is 18.4. The molecule has 9 rings (SSSR count). The third-order valence-corrected chi connectivity index (χ3v) is 15.0. The van der Waals surface area contributed by atoms with Crippen LogP contribution in [0.5, 0.6) is 0 Å². The second kappa shape index (κ2) is 31.7. The van der Waals surface area contributed by atoms with Crippen molar-refractivity contribution in [3.8, 4) is 5.69 Å². The molecule has 0 bridgehead atoms. The van der Waals surface area contributed by atoms with Crippen LogP contribution >= 0.6 is 0 Å². The Morgan fingerprint density at radius 1 is 0.872 bits per heavy atom. The van der Waals surface area contributed by atoms with Crippen LogP contribution in [0.3, 0.4) is 0 Å². The van der Waals surface area contributed by atoms with E-state index in [1.54, 1.807) is 35.9 Å². The predicted molar refractivity (Wildman–Crippen MR) is 309 cm³/mol. The van der Waals surface area contributed by atoms with Gasteiger partial charge in [-0.05, 0) is 104 Å². The van der Waals surface area contributed by atoms with Crippen LogP contribution in [0.1, 0.15) is 124 Å². The number of aldehydes is 1. The van der Waals surface area contributed by atoms with Crippen molar-refractivity contribution in [2.45, 2.75) is 130 Å². The molecule has 0 unspecified atom stereocenters. The quantitative estimate of drug-likeness (QED) is 0.0229. The molecular weight excluding hydrogens is 995 g/mol. The van der Waals surface area contributed by atoms with E-state index in [0.717, 1.165) is 131 Å². The number of hydrogen-bond donors (Lipinski definition) is 1. The first-order valence-corrected chi connectivity index (χ1v) is 28.4. The van der Waals surface area contributed by atoms with Gasteiger partial charge in [-0.15, -0.1) is 5.10 Å². The number of nitrogens with one attached hydrogen (secondary N) is 1. The van der Waals surface area contributed by atoms with Crippen molar-refractivity contribution < 1.29 is 27.5 Å². The van der Waals surface area contributed by atoms with Gasteiger partial charge in [-0.1, -0.05) is 70.5 Å². The number of fused-ring (bicyclic) bond motifs is 2. The van der Waals surface area contributed by atoms with E-state index in [0.29, 0.717) is 62.9 Å². The summed E-state index contributed by atoms with van der Waals surface area (Å²) in [6.45, 7) is 21.1. The summed E-state index contributed by atoms with van der Waals surface area (Å²) in [6, 6.07) is 14.7. The van der Waals surface area contributed by atoms with E-state index in [4.69, 9.17) is 12.6 Å². The van der Waals surface area contributed by atoms with Crippen molar-refractivity contribution in [1.82, 2.24) is 39.0 Å². The fourth-order valence-electron chi connectivity index (χ4n) is 10.2. The molecule has 78 heavy (non-hydrogen) atoms. The van der Waals surface area contributed by atoms with Crippen LogP contribution in [0.15, 0.2) is 88.2 Å². The summed E-state index contributed by atoms with van der Waals surface area (Å²) in [7, 11) is 6.70. The van der Waals surface area contributed by atoms with Gasteiger partial charge in [0.25, 0.3) is 5.91 Å². The van der Waals surface area contributed by atoms with E-state index in [1.165, 1.54) is 48.2 Å². The number of rotatable bonds is 20. The highest BCUT2D eigenvalue weighted by atomic mass is 19.4. The number of ether oxygens (including phenoxy) is 1. The molecule has 15 nitrogen and oxygen atoms in total. The van der Waals surface area contributed by atoms with Gasteiger partial charge in [0, 0.05) is 129 Å². The van der Waals surface area contributed by atoms with E-state index in [-0.39, 0.29) is 17.5 Å². The number of carbonyl (C=O) groups is 2. The Morgan fingerprint density at radius 2 is 1.58 bits per heavy atom. The molecule has 2 aromatic heterocycles. The van der Waals surface area contributed by atoms with Crippen LogP contribution in [0, 0.1) is 5.92 Å². The molecule has 0 atom stereocenters. The van der Waals surface area contributed by atoms with Gasteiger partial charge in [0.1, 0.15) is 12.6 Å². The maximum atomic E-state index is 14.5. The first-order valence-electron chi connectivity index (χ1n) is 28.4. The van der Waals surface area contributed by atoms with Crippen LogP contribution in [-0.2, 0) is 35.2 Å². The molecule has 1 saturated carbocycles. The topological polar surface area (TPSA) is 126 Å². The Bertz CT molecular complexity index is 2590. The third-order valence-electron chi connectivity index (χ3n) is 15.0. The van der Waals surface area contributed by atoms with E-state index >= 15 is 0 Å². The number of hydrazine groups is 1. The molecule has 1 aliphatic carbocycles. The number of piperidine rings is 2. The molecule has 5 aliphatic rings. The summed E-state index contributed by atoms with van der Waals surface area (Å²) in [5.74, 6) is 0.702. The fourth-order valence-corrected chi connectivity index (χ4v) is 10.2. The Hall–Kier alpha value is -5.76. The lowest BCUT2D eigenvalue weighted by Crippen LogP contribution is -2.49. The van der Waals surface area contributed by atoms with Gasteiger partial charge in [0.2, 0.25) is 0 Å². The second-order valence-electron chi connectivity index (χ2n) is 21.0. The number of alkyl halides is 3. The Kier molecular flexibility index (Phi) is 25.0. The highest BCUT2D eigenvalue weighted by Gasteiger charge is 2.35. The zero-order chi connectivity index (χ0) is 55.9. The predicted octanol–water partition coefficient (Wildman–Crippen LogP) is 9.27. The molecule has 4 aliphatic heterocycles. The number of hydrogen-bond acceptors (Lipinski definition) is 11. The number of benzene rings is 2. The molecule has 2 radical (unpaired) electrons. The monoisotopic (exact) mass is 1080 g/mol. The van der Waals surface area contributed by atoms with E-state index in [1.807, 2.05) is 50.1 Å². The largest absolute Gasteiger partial charge is 0.418 e. The minimum Gasteiger partial charge on any atom is -0.377 e. The molecule has 1 N–H and O–H groups in total. The minimum atomic E-state index is -4.64. The standard InChI is InChI=1S/C48H62F3N11O3.C5H10O.C4H8.C2H5B/c1-4-15-54-62-33-39-29-40(8-9-43(39)46(62)63)59-19-11-37(12-20-59)30-58-23-21-56(22-24-58)25-26-65-42-13-17-57(18-14-42)31-38-28-44(48(49,50)51)45-34-60(47(64)61(45)32-38)41-7-5-6-36(27-41)10-16-55(3)35-53-52-2;1-2-3-4-5-6;1-2-4-3-1;1-2-3/h4-9,15,27-29,32,34-35,37,42,54H,2,10-14,16-26,30-31,33H2,1,3H3;5H,2-4H2,1H3;1-4H2;2H2,1H3/b15-4?,53-35-;;;. The van der Waals surface area contributed by atoms with Gasteiger partial charge in [-0.3, -0.25) is 23.6 Å². The van der Waals surface area contributed by atoms with E-state index in [2.05, 4.69) is 61.0 Å². The van der Waals surface area contributed by atoms with Gasteiger partial charge in [-0.25, -0.2) is 9.80 Å². The van der Waals surface area contributed by atoms with E-state index < -0.39 is 17.4 Å². The van der Waals surface area contributed by atoms with Crippen LogP contribution < -0.4 is 16.0 Å². The fraction of sp³-hybridized carbons (Fsp3) is 0.576. The average molecular weight is 1080 g/mol. The second-order valence-corrected chi connectivity index (χ2v) is 21.0. The number of aromatic nitrogens is 2. The zero-order valence-corrected chi connectivity index (χ0v) is 46.9. The summed E-state index contributed by atoms with van der Waals surface area (Å²) >= 11 is 0. The Balaban J connectivity index is 0.000000675. The summed E-state index contributed by atoms with van der Waals surface area (Å²) in [6.07, 6.45) is 18.7. The van der Waals surface area contributed by atoms with Crippen molar-refractivity contribution in [3.05, 3.63) is 112 Å². The maximum absolute atomic E-state index is 14.5. The molecule has 3 saturated heterocycles. The maximum Gasteiger partial charge on any atom is 0.418 e. The molecule has 4 aromatic rings. The van der Waals surface area contributed by atoms with Gasteiger partial charge in [0.15, 0.2) is 0 Å². The van der Waals surface area contributed by atoms with Crippen molar-refractivity contribution in [2.24, 2.45) is 16.1 Å². The van der Waals surface area contributed by atoms with Gasteiger partial charge >= 0.3 is 11.9 Å². The molecule has 19 heteroatoms. The number of halogens is 3. The van der Waals surface area contributed by atoms with Gasteiger partial charge in [0.05, 0.1) is 43.9 Å². The molecule has 2 aromatic carbocycles. The lowest BCUT2D eigenvalue weighted by atomic mass is 9.95. The first kappa shape index (κ1) is 61.5.